The lowest BCUT2D eigenvalue weighted by Gasteiger charge is -2.03. The number of amides is 1. The molecule has 5 rings (SSSR count). The van der Waals surface area contributed by atoms with Gasteiger partial charge in [-0.1, -0.05) is 59.7 Å². The van der Waals surface area contributed by atoms with Crippen LogP contribution in [0, 0.1) is 12.3 Å². The van der Waals surface area contributed by atoms with Crippen molar-refractivity contribution in [3.63, 3.8) is 0 Å². The molecule has 0 saturated heterocycles. The topological polar surface area (TPSA) is 52.8 Å². The summed E-state index contributed by atoms with van der Waals surface area (Å²) in [4.78, 5) is 17.7. The Bertz CT molecular complexity index is 1360. The summed E-state index contributed by atoms with van der Waals surface area (Å²) >= 11 is 1.40. The highest BCUT2D eigenvalue weighted by Crippen LogP contribution is 2.37. The number of ether oxygens (including phenoxy) is 2. The lowest BCUT2D eigenvalue weighted by molar-refractivity contribution is 0.0998. The summed E-state index contributed by atoms with van der Waals surface area (Å²) < 4.78 is 13.7. The molecule has 0 aliphatic carbocycles. The number of aromatic nitrogens is 1. The summed E-state index contributed by atoms with van der Waals surface area (Å²) in [6.45, 7) is 0.509. The molecular weight excluding hydrogens is 396 g/mol. The van der Waals surface area contributed by atoms with E-state index in [1.807, 2.05) is 59.2 Å². The number of benzene rings is 3. The van der Waals surface area contributed by atoms with Crippen LogP contribution in [0.3, 0.4) is 0 Å². The Kier molecular flexibility index (Phi) is 4.58. The van der Waals surface area contributed by atoms with Gasteiger partial charge in [0, 0.05) is 17.7 Å². The van der Waals surface area contributed by atoms with Crippen molar-refractivity contribution in [1.29, 1.82) is 0 Å². The highest BCUT2D eigenvalue weighted by Gasteiger charge is 2.18. The molecule has 5 nitrogen and oxygen atoms in total. The fourth-order valence-electron chi connectivity index (χ4n) is 3.38. The van der Waals surface area contributed by atoms with Gasteiger partial charge in [0.15, 0.2) is 16.3 Å². The van der Waals surface area contributed by atoms with Crippen molar-refractivity contribution in [1.82, 2.24) is 4.57 Å². The number of hydrogen-bond acceptors (Lipinski definition) is 4. The first kappa shape index (κ1) is 18.2. The molecule has 146 valence electrons. The fraction of sp³-hybridized carbons (Fsp3) is 0.0833. The Morgan fingerprint density at radius 1 is 1.03 bits per heavy atom. The molecule has 1 aliphatic rings. The zero-order chi connectivity index (χ0) is 20.5. The van der Waals surface area contributed by atoms with Crippen molar-refractivity contribution < 1.29 is 14.3 Å². The number of carbonyl (C=O) groups excluding carboxylic acids is 1. The predicted octanol–water partition coefficient (Wildman–Crippen LogP) is 4.47. The third-order valence-corrected chi connectivity index (χ3v) is 5.90. The molecule has 0 unspecified atom stereocenters. The van der Waals surface area contributed by atoms with E-state index in [2.05, 4.69) is 10.9 Å². The van der Waals surface area contributed by atoms with Crippen LogP contribution in [0.5, 0.6) is 11.5 Å². The van der Waals surface area contributed by atoms with Crippen LogP contribution in [-0.4, -0.2) is 17.3 Å². The van der Waals surface area contributed by atoms with Crippen LogP contribution in [0.4, 0.5) is 0 Å². The van der Waals surface area contributed by atoms with Crippen LogP contribution in [-0.2, 0) is 6.54 Å². The Morgan fingerprint density at radius 3 is 2.47 bits per heavy atom. The van der Waals surface area contributed by atoms with E-state index in [1.54, 1.807) is 12.1 Å². The molecule has 1 aromatic heterocycles. The van der Waals surface area contributed by atoms with Gasteiger partial charge in [-0.25, -0.2) is 0 Å². The Morgan fingerprint density at radius 2 is 1.73 bits per heavy atom. The van der Waals surface area contributed by atoms with Gasteiger partial charge in [-0.05, 0) is 23.3 Å². The van der Waals surface area contributed by atoms with Crippen molar-refractivity contribution in [2.24, 2.45) is 4.99 Å². The smallest absolute Gasteiger partial charge is 0.279 e. The number of rotatable bonds is 3. The van der Waals surface area contributed by atoms with E-state index in [0.29, 0.717) is 28.4 Å². The molecule has 4 aromatic rings. The first-order valence-electron chi connectivity index (χ1n) is 9.34. The quantitative estimate of drug-likeness (QED) is 0.467. The Balaban J connectivity index is 1.53. The molecule has 0 atom stereocenters. The van der Waals surface area contributed by atoms with Crippen molar-refractivity contribution in [2.45, 2.75) is 6.54 Å². The summed E-state index contributed by atoms with van der Waals surface area (Å²) in [5.74, 6) is 3.68. The van der Waals surface area contributed by atoms with Crippen LogP contribution in [0.15, 0.2) is 71.7 Å². The van der Waals surface area contributed by atoms with Crippen LogP contribution < -0.4 is 14.3 Å². The molecule has 0 N–H and O–H groups in total. The second-order valence-electron chi connectivity index (χ2n) is 6.71. The van der Waals surface area contributed by atoms with Crippen molar-refractivity contribution in [3.05, 3.63) is 77.1 Å². The number of nitrogens with zero attached hydrogens (tertiary/aromatic N) is 2. The van der Waals surface area contributed by atoms with Gasteiger partial charge in [0.2, 0.25) is 6.79 Å². The molecule has 0 spiro atoms. The Labute approximate surface area is 176 Å². The third-order valence-electron chi connectivity index (χ3n) is 4.86. The monoisotopic (exact) mass is 412 g/mol. The lowest BCUT2D eigenvalue weighted by Crippen LogP contribution is -2.16. The van der Waals surface area contributed by atoms with Gasteiger partial charge < -0.3 is 14.0 Å². The second-order valence-corrected chi connectivity index (χ2v) is 7.72. The molecular formula is C24H16N2O3S. The summed E-state index contributed by atoms with van der Waals surface area (Å²) in [6, 6.07) is 21.2. The van der Waals surface area contributed by atoms with E-state index in [0.717, 1.165) is 21.3 Å². The molecule has 0 bridgehead atoms. The summed E-state index contributed by atoms with van der Waals surface area (Å²) in [5.41, 5.74) is 3.54. The largest absolute Gasteiger partial charge is 0.454 e. The predicted molar refractivity (Wildman–Crippen MR) is 117 cm³/mol. The number of fused-ring (bicyclic) bond motifs is 2. The van der Waals surface area contributed by atoms with Gasteiger partial charge in [0.1, 0.15) is 0 Å². The van der Waals surface area contributed by atoms with E-state index < -0.39 is 0 Å². The summed E-state index contributed by atoms with van der Waals surface area (Å²) in [7, 11) is 0. The maximum atomic E-state index is 12.8. The first-order chi connectivity index (χ1) is 14.7. The lowest BCUT2D eigenvalue weighted by atomic mass is 10.0. The highest BCUT2D eigenvalue weighted by atomic mass is 32.1. The molecule has 1 amide bonds. The molecule has 3 aromatic carbocycles. The third kappa shape index (κ3) is 3.25. The number of hydrogen-bond donors (Lipinski definition) is 0. The standard InChI is InChI=1S/C24H16N2O3S/c1-2-12-26-19-13-20-21(29-15-28-20)14-22(19)30-24(26)25-23(27)18-10-8-17(9-11-18)16-6-4-3-5-7-16/h1,3-11,13-14H,12,15H2. The normalized spacial score (nSPS) is 12.8. The van der Waals surface area contributed by atoms with Gasteiger partial charge in [-0.15, -0.1) is 6.42 Å². The molecule has 0 saturated carbocycles. The number of carbonyl (C=O) groups is 1. The Hall–Kier alpha value is -3.82. The second kappa shape index (κ2) is 7.54. The zero-order valence-corrected chi connectivity index (χ0v) is 16.7. The van der Waals surface area contributed by atoms with Crippen LogP contribution in [0.25, 0.3) is 21.3 Å². The minimum absolute atomic E-state index is 0.205. The fourth-order valence-corrected chi connectivity index (χ4v) is 4.41. The number of thiazole rings is 1. The van der Waals surface area contributed by atoms with Gasteiger partial charge in [-0.3, -0.25) is 4.79 Å². The highest BCUT2D eigenvalue weighted by molar-refractivity contribution is 7.16. The summed E-state index contributed by atoms with van der Waals surface area (Å²) in [5, 5.41) is 0. The van der Waals surface area contributed by atoms with Gasteiger partial charge in [0.25, 0.3) is 5.91 Å². The van der Waals surface area contributed by atoms with Crippen molar-refractivity contribution in [3.8, 4) is 35.0 Å². The maximum absolute atomic E-state index is 12.8. The molecule has 0 radical (unpaired) electrons. The molecule has 1 aliphatic heterocycles. The van der Waals surface area contributed by atoms with Crippen LogP contribution >= 0.6 is 11.3 Å². The molecule has 2 heterocycles. The molecule has 0 fully saturated rings. The minimum atomic E-state index is -0.313. The zero-order valence-electron chi connectivity index (χ0n) is 15.9. The van der Waals surface area contributed by atoms with E-state index in [9.17, 15) is 4.79 Å². The average molecular weight is 412 g/mol. The van der Waals surface area contributed by atoms with Gasteiger partial charge in [0.05, 0.1) is 16.8 Å². The van der Waals surface area contributed by atoms with Crippen molar-refractivity contribution in [2.75, 3.05) is 6.79 Å². The van der Waals surface area contributed by atoms with E-state index in [1.165, 1.54) is 11.3 Å². The number of terminal acetylenes is 1. The van der Waals surface area contributed by atoms with E-state index in [4.69, 9.17) is 15.9 Å². The maximum Gasteiger partial charge on any atom is 0.279 e. The SMILES string of the molecule is C#CCn1c(=NC(=O)c2ccc(-c3ccccc3)cc2)sc2cc3c(cc21)OCO3. The van der Waals surface area contributed by atoms with Crippen LogP contribution in [0.1, 0.15) is 10.4 Å². The van der Waals surface area contributed by atoms with Crippen LogP contribution in [0.2, 0.25) is 0 Å². The average Bonchev–Trinajstić information content (AvgIpc) is 3.37. The minimum Gasteiger partial charge on any atom is -0.454 e. The van der Waals surface area contributed by atoms with Crippen molar-refractivity contribution >= 4 is 27.5 Å². The first-order valence-corrected chi connectivity index (χ1v) is 10.2. The van der Waals surface area contributed by atoms with Gasteiger partial charge >= 0.3 is 0 Å². The van der Waals surface area contributed by atoms with E-state index >= 15 is 0 Å². The molecule has 6 heteroatoms. The summed E-state index contributed by atoms with van der Waals surface area (Å²) in [6.07, 6.45) is 5.56. The molecule has 30 heavy (non-hydrogen) atoms. The van der Waals surface area contributed by atoms with Gasteiger partial charge in [-0.2, -0.15) is 4.99 Å². The van der Waals surface area contributed by atoms with E-state index in [-0.39, 0.29) is 12.7 Å².